The molecule has 2 aromatic carbocycles. The second-order valence-corrected chi connectivity index (χ2v) is 9.45. The molecule has 5 nitrogen and oxygen atoms in total. The van der Waals surface area contributed by atoms with Crippen molar-refractivity contribution in [2.45, 2.75) is 49.5 Å². The monoisotopic (exact) mass is 440 g/mol. The second kappa shape index (κ2) is 9.16. The Bertz CT molecular complexity index is 940. The summed E-state index contributed by atoms with van der Waals surface area (Å²) in [6, 6.07) is 11.2. The molecule has 0 spiro atoms. The van der Waals surface area contributed by atoms with Gasteiger partial charge in [-0.15, -0.1) is 0 Å². The van der Waals surface area contributed by atoms with E-state index in [-0.39, 0.29) is 33.3 Å². The first-order valence-electron chi connectivity index (χ1n) is 9.20. The average molecular weight is 441 g/mol. The van der Waals surface area contributed by atoms with Gasteiger partial charge >= 0.3 is 0 Å². The van der Waals surface area contributed by atoms with Gasteiger partial charge in [-0.2, -0.15) is 0 Å². The maximum absolute atomic E-state index is 12.5. The number of halogens is 2. The smallest absolute Gasteiger partial charge is 0.261 e. The molecule has 1 fully saturated rings. The Morgan fingerprint density at radius 2 is 1.64 bits per heavy atom. The molecular formula is C20H22Cl2N2O3S. The number of nitrogens with one attached hydrogen (secondary N) is 2. The quantitative estimate of drug-likeness (QED) is 0.677. The highest BCUT2D eigenvalue weighted by Gasteiger charge is 2.17. The van der Waals surface area contributed by atoms with Gasteiger partial charge in [0.2, 0.25) is 5.91 Å². The van der Waals surface area contributed by atoms with Crippen molar-refractivity contribution in [3.8, 4) is 0 Å². The van der Waals surface area contributed by atoms with Crippen LogP contribution in [0, 0.1) is 0 Å². The highest BCUT2D eigenvalue weighted by molar-refractivity contribution is 7.92. The second-order valence-electron chi connectivity index (χ2n) is 6.96. The zero-order valence-corrected chi connectivity index (χ0v) is 17.6. The van der Waals surface area contributed by atoms with Gasteiger partial charge in [0.05, 0.1) is 21.4 Å². The van der Waals surface area contributed by atoms with Gasteiger partial charge < -0.3 is 5.32 Å². The molecule has 150 valence electrons. The zero-order valence-electron chi connectivity index (χ0n) is 15.3. The van der Waals surface area contributed by atoms with Crippen molar-refractivity contribution in [2.24, 2.45) is 0 Å². The molecule has 1 aliphatic rings. The molecular weight excluding hydrogens is 419 g/mol. The predicted octanol–water partition coefficient (Wildman–Crippen LogP) is 4.79. The summed E-state index contributed by atoms with van der Waals surface area (Å²) in [7, 11) is -3.78. The summed E-state index contributed by atoms with van der Waals surface area (Å²) in [5.74, 6) is -0.00367. The minimum Gasteiger partial charge on any atom is -0.353 e. The van der Waals surface area contributed by atoms with Gasteiger partial charge in [-0.3, -0.25) is 9.52 Å². The molecule has 0 aromatic heterocycles. The summed E-state index contributed by atoms with van der Waals surface area (Å²) in [5, 5.41) is 3.54. The van der Waals surface area contributed by atoms with E-state index < -0.39 is 10.0 Å². The summed E-state index contributed by atoms with van der Waals surface area (Å²) in [6.45, 7) is 0. The fourth-order valence-corrected chi connectivity index (χ4v) is 4.71. The molecule has 0 atom stereocenters. The maximum atomic E-state index is 12.5. The number of carbonyl (C=O) groups is 1. The van der Waals surface area contributed by atoms with Gasteiger partial charge in [-0.05, 0) is 48.7 Å². The minimum absolute atomic E-state index is 0.00367. The molecule has 0 saturated heterocycles. The molecule has 0 unspecified atom stereocenters. The van der Waals surface area contributed by atoms with Gasteiger partial charge in [0, 0.05) is 11.7 Å². The normalized spacial score (nSPS) is 15.2. The number of rotatable bonds is 6. The first-order valence-corrected chi connectivity index (χ1v) is 11.4. The van der Waals surface area contributed by atoms with E-state index in [0.29, 0.717) is 5.69 Å². The lowest BCUT2D eigenvalue weighted by atomic mass is 9.95. The highest BCUT2D eigenvalue weighted by Crippen LogP contribution is 2.26. The van der Waals surface area contributed by atoms with Crippen LogP contribution in [0.4, 0.5) is 5.69 Å². The Labute approximate surface area is 175 Å². The van der Waals surface area contributed by atoms with Gasteiger partial charge in [-0.1, -0.05) is 54.6 Å². The van der Waals surface area contributed by atoms with E-state index in [2.05, 4.69) is 10.0 Å². The Morgan fingerprint density at radius 3 is 2.29 bits per heavy atom. The van der Waals surface area contributed by atoms with E-state index in [4.69, 9.17) is 23.2 Å². The van der Waals surface area contributed by atoms with Crippen LogP contribution in [0.3, 0.4) is 0 Å². The number of carbonyl (C=O) groups excluding carboxylic acids is 1. The number of amides is 1. The van der Waals surface area contributed by atoms with E-state index in [1.807, 2.05) is 0 Å². The molecule has 2 aromatic rings. The SMILES string of the molecule is O=C(Cc1ccc(NS(=O)(=O)c2ccc(Cl)c(Cl)c2)cc1)NC1CCCCC1. The van der Waals surface area contributed by atoms with Gasteiger partial charge in [0.15, 0.2) is 0 Å². The maximum Gasteiger partial charge on any atom is 0.261 e. The zero-order chi connectivity index (χ0) is 20.1. The Hall–Kier alpha value is -1.76. The summed E-state index contributed by atoms with van der Waals surface area (Å²) in [4.78, 5) is 12.2. The van der Waals surface area contributed by atoms with Crippen molar-refractivity contribution >= 4 is 44.8 Å². The summed E-state index contributed by atoms with van der Waals surface area (Å²) < 4.78 is 27.4. The van der Waals surface area contributed by atoms with Crippen LogP contribution in [0.2, 0.25) is 10.0 Å². The third-order valence-electron chi connectivity index (χ3n) is 4.74. The number of anilines is 1. The first-order chi connectivity index (χ1) is 13.3. The summed E-state index contributed by atoms with van der Waals surface area (Å²) >= 11 is 11.7. The van der Waals surface area contributed by atoms with Crippen LogP contribution in [0.15, 0.2) is 47.4 Å². The van der Waals surface area contributed by atoms with Crippen molar-refractivity contribution in [3.63, 3.8) is 0 Å². The van der Waals surface area contributed by atoms with Crippen LogP contribution in [-0.4, -0.2) is 20.4 Å². The van der Waals surface area contributed by atoms with E-state index in [9.17, 15) is 13.2 Å². The van der Waals surface area contributed by atoms with Crippen molar-refractivity contribution in [2.75, 3.05) is 4.72 Å². The lowest BCUT2D eigenvalue weighted by Gasteiger charge is -2.22. The molecule has 2 N–H and O–H groups in total. The lowest BCUT2D eigenvalue weighted by molar-refractivity contribution is -0.121. The van der Waals surface area contributed by atoms with Crippen molar-refractivity contribution in [1.82, 2.24) is 5.32 Å². The Morgan fingerprint density at radius 1 is 0.964 bits per heavy atom. The van der Waals surface area contributed by atoms with Crippen LogP contribution >= 0.6 is 23.2 Å². The Kier molecular flexibility index (Phi) is 6.86. The van der Waals surface area contributed by atoms with Crippen molar-refractivity contribution < 1.29 is 13.2 Å². The first kappa shape index (κ1) is 21.0. The van der Waals surface area contributed by atoms with E-state index in [1.54, 1.807) is 24.3 Å². The largest absolute Gasteiger partial charge is 0.353 e. The van der Waals surface area contributed by atoms with Crippen LogP contribution in [0.5, 0.6) is 0 Å². The van der Waals surface area contributed by atoms with Gasteiger partial charge in [-0.25, -0.2) is 8.42 Å². The molecule has 1 aliphatic carbocycles. The lowest BCUT2D eigenvalue weighted by Crippen LogP contribution is -2.37. The number of sulfonamides is 1. The molecule has 28 heavy (non-hydrogen) atoms. The van der Waals surface area contributed by atoms with Crippen molar-refractivity contribution in [1.29, 1.82) is 0 Å². The molecule has 1 saturated carbocycles. The number of benzene rings is 2. The van der Waals surface area contributed by atoms with E-state index in [0.717, 1.165) is 18.4 Å². The van der Waals surface area contributed by atoms with Crippen LogP contribution in [-0.2, 0) is 21.2 Å². The summed E-state index contributed by atoms with van der Waals surface area (Å²) in [5.41, 5.74) is 1.23. The highest BCUT2D eigenvalue weighted by atomic mass is 35.5. The number of hydrogen-bond acceptors (Lipinski definition) is 3. The van der Waals surface area contributed by atoms with Crippen molar-refractivity contribution in [3.05, 3.63) is 58.1 Å². The van der Waals surface area contributed by atoms with Crippen LogP contribution < -0.4 is 10.0 Å². The molecule has 0 bridgehead atoms. The van der Waals surface area contributed by atoms with Crippen LogP contribution in [0.1, 0.15) is 37.7 Å². The van der Waals surface area contributed by atoms with Gasteiger partial charge in [0.25, 0.3) is 10.0 Å². The van der Waals surface area contributed by atoms with Gasteiger partial charge in [0.1, 0.15) is 0 Å². The van der Waals surface area contributed by atoms with Crippen LogP contribution in [0.25, 0.3) is 0 Å². The fraction of sp³-hybridized carbons (Fsp3) is 0.350. The molecule has 3 rings (SSSR count). The Balaban J connectivity index is 1.60. The topological polar surface area (TPSA) is 75.3 Å². The molecule has 0 aliphatic heterocycles. The van der Waals surface area contributed by atoms with E-state index in [1.165, 1.54) is 37.5 Å². The molecule has 1 amide bonds. The average Bonchev–Trinajstić information content (AvgIpc) is 2.66. The fourth-order valence-electron chi connectivity index (χ4n) is 3.26. The van der Waals surface area contributed by atoms with E-state index >= 15 is 0 Å². The minimum atomic E-state index is -3.78. The third-order valence-corrected chi connectivity index (χ3v) is 6.86. The third kappa shape index (κ3) is 5.63. The number of hydrogen-bond donors (Lipinski definition) is 2. The standard InChI is InChI=1S/C20H22Cl2N2O3S/c21-18-11-10-17(13-19(18)22)28(26,27)24-16-8-6-14(7-9-16)12-20(25)23-15-4-2-1-3-5-15/h6-11,13,15,24H,1-5,12H2,(H,23,25). The molecule has 0 radical (unpaired) electrons. The summed E-state index contributed by atoms with van der Waals surface area (Å²) in [6.07, 6.45) is 5.93. The molecule has 0 heterocycles. The molecule has 8 heteroatoms. The predicted molar refractivity (Wildman–Crippen MR) is 112 cm³/mol.